The molecule has 14 heavy (non-hydrogen) atoms. The molecule has 0 saturated heterocycles. The van der Waals surface area contributed by atoms with Crippen LogP contribution in [0.1, 0.15) is 0 Å². The minimum absolute atomic E-state index is 0.807. The summed E-state index contributed by atoms with van der Waals surface area (Å²) in [5.41, 5.74) is 1.09. The predicted octanol–water partition coefficient (Wildman–Crippen LogP) is 2.73. The topological polar surface area (TPSA) is 25.8 Å². The first-order valence-corrected chi connectivity index (χ1v) is 4.53. The third kappa shape index (κ3) is 1.04. The van der Waals surface area contributed by atoms with Crippen molar-refractivity contribution in [3.8, 4) is 11.4 Å². The van der Waals surface area contributed by atoms with E-state index in [1.54, 1.807) is 6.20 Å². The summed E-state index contributed by atoms with van der Waals surface area (Å²) in [6, 6.07) is 12.3. The van der Waals surface area contributed by atoms with Crippen molar-refractivity contribution in [2.24, 2.45) is 0 Å². The maximum absolute atomic E-state index is 4.32. The van der Waals surface area contributed by atoms with Crippen molar-refractivity contribution >= 4 is 10.8 Å². The number of fused-ring (bicyclic) bond motifs is 2. The Labute approximate surface area is 81.6 Å². The van der Waals surface area contributed by atoms with Gasteiger partial charge in [-0.05, 0) is 17.5 Å². The minimum Gasteiger partial charge on any atom is -0.237 e. The Morgan fingerprint density at radius 1 is 0.857 bits per heavy atom. The number of rotatable bonds is 0. The first-order valence-electron chi connectivity index (χ1n) is 4.53. The molecule has 0 fully saturated rings. The number of nitrogens with zero attached hydrogens (tertiary/aromatic N) is 2. The normalized spacial score (nSPS) is 10.9. The second-order valence-electron chi connectivity index (χ2n) is 3.26. The molecule has 2 aliphatic rings. The molecule has 0 saturated carbocycles. The molecule has 0 N–H and O–H groups in total. The van der Waals surface area contributed by atoms with E-state index in [-0.39, 0.29) is 0 Å². The van der Waals surface area contributed by atoms with Gasteiger partial charge in [0.25, 0.3) is 0 Å². The monoisotopic (exact) mass is 180 g/mol. The number of hydrogen-bond acceptors (Lipinski definition) is 2. The SMILES string of the molecule is c1ccc2cc3ccnc-3ncc2c1. The lowest BCUT2D eigenvalue weighted by atomic mass is 10.2. The van der Waals surface area contributed by atoms with E-state index in [4.69, 9.17) is 0 Å². The van der Waals surface area contributed by atoms with Crippen LogP contribution < -0.4 is 0 Å². The van der Waals surface area contributed by atoms with Gasteiger partial charge < -0.3 is 0 Å². The highest BCUT2D eigenvalue weighted by atomic mass is 14.9. The van der Waals surface area contributed by atoms with Gasteiger partial charge in [0.1, 0.15) is 0 Å². The molecule has 2 heteroatoms. The van der Waals surface area contributed by atoms with Gasteiger partial charge in [-0.3, -0.25) is 0 Å². The smallest absolute Gasteiger partial charge is 0.159 e. The average Bonchev–Trinajstić information content (AvgIpc) is 2.58. The van der Waals surface area contributed by atoms with Crippen LogP contribution >= 0.6 is 0 Å². The fourth-order valence-corrected chi connectivity index (χ4v) is 1.62. The summed E-state index contributed by atoms with van der Waals surface area (Å²) < 4.78 is 0. The summed E-state index contributed by atoms with van der Waals surface area (Å²) in [7, 11) is 0. The van der Waals surface area contributed by atoms with Crippen LogP contribution in [0.3, 0.4) is 0 Å². The van der Waals surface area contributed by atoms with Crippen LogP contribution in [-0.2, 0) is 0 Å². The van der Waals surface area contributed by atoms with E-state index in [1.807, 2.05) is 24.4 Å². The lowest BCUT2D eigenvalue weighted by Crippen LogP contribution is -1.73. The molecule has 0 aliphatic carbocycles. The van der Waals surface area contributed by atoms with E-state index in [0.29, 0.717) is 0 Å². The van der Waals surface area contributed by atoms with Gasteiger partial charge in [0.15, 0.2) is 5.82 Å². The van der Waals surface area contributed by atoms with Crippen LogP contribution in [0, 0.1) is 0 Å². The number of benzene rings is 1. The molecule has 2 nitrogen and oxygen atoms in total. The molecular formula is C12H8N2. The molecule has 0 spiro atoms. The molecule has 0 aromatic heterocycles. The van der Waals surface area contributed by atoms with E-state index in [9.17, 15) is 0 Å². The first-order chi connectivity index (χ1) is 6.93. The molecule has 1 aromatic carbocycles. The fourth-order valence-electron chi connectivity index (χ4n) is 1.62. The van der Waals surface area contributed by atoms with Crippen LogP contribution in [0.5, 0.6) is 0 Å². The van der Waals surface area contributed by atoms with Gasteiger partial charge in [-0.1, -0.05) is 24.3 Å². The zero-order chi connectivity index (χ0) is 9.38. The molecule has 0 unspecified atom stereocenters. The van der Waals surface area contributed by atoms with Crippen molar-refractivity contribution < 1.29 is 0 Å². The summed E-state index contributed by atoms with van der Waals surface area (Å²) in [6.45, 7) is 0. The Kier molecular flexibility index (Phi) is 1.47. The van der Waals surface area contributed by atoms with Crippen LogP contribution in [0.2, 0.25) is 0 Å². The highest BCUT2D eigenvalue weighted by molar-refractivity contribution is 5.84. The average molecular weight is 180 g/mol. The molecule has 2 aliphatic heterocycles. The maximum Gasteiger partial charge on any atom is 0.159 e. The van der Waals surface area contributed by atoms with Gasteiger partial charge in [-0.15, -0.1) is 0 Å². The molecule has 66 valence electrons. The summed E-state index contributed by atoms with van der Waals surface area (Å²) in [4.78, 5) is 8.49. The lowest BCUT2D eigenvalue weighted by molar-refractivity contribution is 1.26. The van der Waals surface area contributed by atoms with Crippen LogP contribution in [-0.4, -0.2) is 9.97 Å². The Hall–Kier alpha value is -1.96. The molecule has 0 bridgehead atoms. The van der Waals surface area contributed by atoms with E-state index in [1.165, 1.54) is 5.39 Å². The minimum atomic E-state index is 0.807. The molecule has 1 aromatic rings. The first kappa shape index (κ1) is 7.44. The standard InChI is InChI=1S/C12H8N2/c1-2-4-11-8-14-12-10(5-6-13-12)7-9(11)3-1/h1-8H. The second-order valence-corrected chi connectivity index (χ2v) is 3.26. The summed E-state index contributed by atoms with van der Waals surface area (Å²) >= 11 is 0. The maximum atomic E-state index is 4.32. The predicted molar refractivity (Wildman–Crippen MR) is 56.2 cm³/mol. The molecule has 2 heterocycles. The van der Waals surface area contributed by atoms with Crippen molar-refractivity contribution in [2.45, 2.75) is 0 Å². The summed E-state index contributed by atoms with van der Waals surface area (Å²) in [6.07, 6.45) is 3.65. The van der Waals surface area contributed by atoms with E-state index in [0.717, 1.165) is 16.8 Å². The number of aromatic nitrogens is 2. The molecule has 0 atom stereocenters. The molecule has 0 radical (unpaired) electrons. The van der Waals surface area contributed by atoms with Gasteiger partial charge in [0.05, 0.1) is 0 Å². The highest BCUT2D eigenvalue weighted by Crippen LogP contribution is 2.20. The second kappa shape index (κ2) is 2.77. The zero-order valence-electron chi connectivity index (χ0n) is 7.51. The van der Waals surface area contributed by atoms with Crippen molar-refractivity contribution in [3.05, 3.63) is 48.8 Å². The molecule has 0 amide bonds. The van der Waals surface area contributed by atoms with Crippen LogP contribution in [0.4, 0.5) is 0 Å². The van der Waals surface area contributed by atoms with Gasteiger partial charge in [0.2, 0.25) is 0 Å². The lowest BCUT2D eigenvalue weighted by Gasteiger charge is -1.88. The van der Waals surface area contributed by atoms with Gasteiger partial charge >= 0.3 is 0 Å². The van der Waals surface area contributed by atoms with Crippen molar-refractivity contribution in [2.75, 3.05) is 0 Å². The quantitative estimate of drug-likeness (QED) is 0.531. The Morgan fingerprint density at radius 2 is 1.71 bits per heavy atom. The summed E-state index contributed by atoms with van der Waals surface area (Å²) in [5.74, 6) is 0.807. The third-order valence-corrected chi connectivity index (χ3v) is 2.34. The van der Waals surface area contributed by atoms with Crippen LogP contribution in [0.15, 0.2) is 48.8 Å². The highest BCUT2D eigenvalue weighted by Gasteiger charge is 2.02. The number of hydrogen-bond donors (Lipinski definition) is 0. The van der Waals surface area contributed by atoms with Gasteiger partial charge in [0, 0.05) is 23.3 Å². The van der Waals surface area contributed by atoms with E-state index >= 15 is 0 Å². The molecular weight excluding hydrogens is 172 g/mol. The zero-order valence-corrected chi connectivity index (χ0v) is 7.51. The Bertz CT molecular complexity index is 560. The van der Waals surface area contributed by atoms with Crippen molar-refractivity contribution in [1.82, 2.24) is 9.97 Å². The fraction of sp³-hybridized carbons (Fsp3) is 0. The molecule has 3 rings (SSSR count). The van der Waals surface area contributed by atoms with E-state index < -0.39 is 0 Å². The van der Waals surface area contributed by atoms with E-state index in [2.05, 4.69) is 28.2 Å². The third-order valence-electron chi connectivity index (χ3n) is 2.34. The van der Waals surface area contributed by atoms with Crippen molar-refractivity contribution in [1.29, 1.82) is 0 Å². The summed E-state index contributed by atoms with van der Waals surface area (Å²) in [5, 5.41) is 2.34. The van der Waals surface area contributed by atoms with Gasteiger partial charge in [-0.2, -0.15) is 0 Å². The largest absolute Gasteiger partial charge is 0.237 e. The van der Waals surface area contributed by atoms with Gasteiger partial charge in [-0.25, -0.2) is 9.97 Å². The van der Waals surface area contributed by atoms with Crippen molar-refractivity contribution in [3.63, 3.8) is 0 Å². The van der Waals surface area contributed by atoms with Crippen LogP contribution in [0.25, 0.3) is 22.2 Å². The Balaban J connectivity index is 2.48. The Morgan fingerprint density at radius 3 is 2.64 bits per heavy atom.